The van der Waals surface area contributed by atoms with Crippen molar-refractivity contribution >= 4 is 64.1 Å². The average Bonchev–Trinajstić information content (AvgIpc) is 4.13. The number of likely N-dealkylation sites (tertiary alicyclic amines) is 2. The minimum Gasteiger partial charge on any atom is -0.490 e. The van der Waals surface area contributed by atoms with Crippen molar-refractivity contribution in [1.82, 2.24) is 44.8 Å². The third-order valence-corrected chi connectivity index (χ3v) is 17.4. The average molecular weight is 1040 g/mol. The first kappa shape index (κ1) is 51.6. The van der Waals surface area contributed by atoms with Gasteiger partial charge in [0.25, 0.3) is 0 Å². The second kappa shape index (κ2) is 22.4. The van der Waals surface area contributed by atoms with Crippen LogP contribution in [0.3, 0.4) is 0 Å². The molecular formula is C52H67ClN12O5S2. The van der Waals surface area contributed by atoms with E-state index in [0.717, 1.165) is 68.9 Å². The number of β-amino-alcohol motifs (C(OH)–C–C–N with tert-alkyl or cyclic N) is 1. The van der Waals surface area contributed by atoms with Crippen molar-refractivity contribution in [3.63, 3.8) is 0 Å². The molecule has 4 fully saturated rings. The number of pyridine rings is 1. The number of anilines is 2. The molecule has 4 aliphatic heterocycles. The first-order valence-corrected chi connectivity index (χ1v) is 27.3. The van der Waals surface area contributed by atoms with Crippen molar-refractivity contribution in [3.8, 4) is 16.2 Å². The van der Waals surface area contributed by atoms with Crippen LogP contribution in [0.15, 0.2) is 70.7 Å². The fourth-order valence-electron chi connectivity index (χ4n) is 10.4. The maximum Gasteiger partial charge on any atom is 0.248 e. The Morgan fingerprint density at radius 1 is 0.972 bits per heavy atom. The van der Waals surface area contributed by atoms with Crippen molar-refractivity contribution < 1.29 is 24.2 Å². The summed E-state index contributed by atoms with van der Waals surface area (Å²) in [5, 5.41) is 19.5. The molecule has 20 heteroatoms. The Morgan fingerprint density at radius 2 is 1.74 bits per heavy atom. The Balaban J connectivity index is 0.786. The van der Waals surface area contributed by atoms with E-state index < -0.39 is 18.2 Å². The number of carbonyl (C=O) groups is 3. The number of hydrogen-bond donors (Lipinski definition) is 3. The maximum absolute atomic E-state index is 14.0. The van der Waals surface area contributed by atoms with E-state index in [0.29, 0.717) is 75.0 Å². The summed E-state index contributed by atoms with van der Waals surface area (Å²) >= 11 is 10.0. The molecule has 3 amide bonds. The van der Waals surface area contributed by atoms with Crippen LogP contribution in [0.2, 0.25) is 5.02 Å². The van der Waals surface area contributed by atoms with Gasteiger partial charge in [-0.1, -0.05) is 56.3 Å². The Labute approximate surface area is 435 Å². The van der Waals surface area contributed by atoms with E-state index in [4.69, 9.17) is 32.0 Å². The fraction of sp³-hybridized carbons (Fsp3) is 0.538. The number of piperidine rings is 3. The van der Waals surface area contributed by atoms with E-state index in [1.54, 1.807) is 34.6 Å². The lowest BCUT2D eigenvalue weighted by molar-refractivity contribution is -0.142. The number of nitrogens with zero attached hydrogens (tertiary/aromatic N) is 10. The van der Waals surface area contributed by atoms with Gasteiger partial charge in [0.15, 0.2) is 0 Å². The van der Waals surface area contributed by atoms with E-state index in [9.17, 15) is 19.5 Å². The van der Waals surface area contributed by atoms with Crippen LogP contribution < -0.4 is 25.6 Å². The quantitative estimate of drug-likeness (QED) is 0.0974. The summed E-state index contributed by atoms with van der Waals surface area (Å²) < 4.78 is 8.44. The van der Waals surface area contributed by atoms with Gasteiger partial charge in [0.05, 0.1) is 45.8 Å². The number of rotatable bonds is 15. The van der Waals surface area contributed by atoms with E-state index >= 15 is 0 Å². The largest absolute Gasteiger partial charge is 0.490 e. The van der Waals surface area contributed by atoms with Gasteiger partial charge in [-0.25, -0.2) is 19.9 Å². The molecule has 4 aliphatic rings. The summed E-state index contributed by atoms with van der Waals surface area (Å²) in [4.78, 5) is 70.4. The molecule has 4 saturated heterocycles. The highest BCUT2D eigenvalue weighted by Crippen LogP contribution is 2.40. The normalized spacial score (nSPS) is 20.3. The van der Waals surface area contributed by atoms with Crippen LogP contribution in [-0.4, -0.2) is 133 Å². The van der Waals surface area contributed by atoms with Gasteiger partial charge in [-0.2, -0.15) is 5.10 Å². The molecule has 0 spiro atoms. The van der Waals surface area contributed by atoms with Crippen LogP contribution >= 0.6 is 34.7 Å². The Morgan fingerprint density at radius 3 is 2.39 bits per heavy atom. The molecule has 3 atom stereocenters. The molecule has 1 unspecified atom stereocenters. The minimum atomic E-state index is -0.835. The Hall–Kier alpha value is -5.34. The number of aryl methyl sites for hydroxylation is 2. The van der Waals surface area contributed by atoms with Gasteiger partial charge in [0.2, 0.25) is 17.7 Å². The summed E-state index contributed by atoms with van der Waals surface area (Å²) in [7, 11) is 0. The Bertz CT molecular complexity index is 2700. The zero-order valence-corrected chi connectivity index (χ0v) is 44.3. The molecule has 9 rings (SSSR count). The number of nitrogens with two attached hydrogens (primary N) is 1. The molecule has 5 aromatic rings. The van der Waals surface area contributed by atoms with Crippen molar-refractivity contribution in [1.29, 1.82) is 0 Å². The zero-order chi connectivity index (χ0) is 50.7. The van der Waals surface area contributed by atoms with Crippen LogP contribution in [-0.2, 0) is 20.9 Å². The molecule has 0 radical (unpaired) electrons. The van der Waals surface area contributed by atoms with Crippen LogP contribution in [0.25, 0.3) is 10.4 Å². The first-order chi connectivity index (χ1) is 34.7. The number of benzene rings is 1. The number of nitrogens with one attached hydrogen (secondary N) is 1. The summed E-state index contributed by atoms with van der Waals surface area (Å²) in [6, 6.07) is 6.45. The number of halogens is 1. The number of ether oxygens (including phenoxy) is 1. The maximum atomic E-state index is 14.0. The number of carbonyl (C=O) groups excluding carboxylic acids is 3. The topological polar surface area (TPSA) is 201 Å². The summed E-state index contributed by atoms with van der Waals surface area (Å²) in [5.74, 6) is 1.64. The van der Waals surface area contributed by atoms with Gasteiger partial charge in [-0.3, -0.25) is 19.1 Å². The van der Waals surface area contributed by atoms with Crippen molar-refractivity contribution in [2.24, 2.45) is 23.0 Å². The van der Waals surface area contributed by atoms with Crippen LogP contribution in [0.4, 0.5) is 11.6 Å². The molecule has 0 aliphatic carbocycles. The number of thiazole rings is 1. The predicted molar refractivity (Wildman–Crippen MR) is 280 cm³/mol. The molecule has 72 heavy (non-hydrogen) atoms. The van der Waals surface area contributed by atoms with Crippen molar-refractivity contribution in [3.05, 3.63) is 82.6 Å². The number of aromatic nitrogens is 6. The fourth-order valence-corrected chi connectivity index (χ4v) is 12.3. The highest BCUT2D eigenvalue weighted by molar-refractivity contribution is 7.99. The number of aliphatic hydroxyl groups is 1. The summed E-state index contributed by atoms with van der Waals surface area (Å²) in [6.45, 7) is 15.3. The van der Waals surface area contributed by atoms with Gasteiger partial charge in [-0.05, 0) is 80.7 Å². The lowest BCUT2D eigenvalue weighted by Gasteiger charge is -2.39. The zero-order valence-electron chi connectivity index (χ0n) is 41.9. The number of amides is 3. The van der Waals surface area contributed by atoms with Gasteiger partial charge in [0.1, 0.15) is 40.6 Å². The SMILES string of the molecule is Cc1cnn(C(C(=O)N2C[C@H](O)C[C@H]2C(=O)NCc2ccc(-c3scnc3C)cc2OC2CCN(C(=O)C3CCN(c4nccc(Sc5cnc(N6CCC(C)(CN)CC6)cn5)c4Cl)CC3)CC2)C(C)C)c1. The smallest absolute Gasteiger partial charge is 0.248 e. The molecule has 4 N–H and O–H groups in total. The molecule has 8 heterocycles. The van der Waals surface area contributed by atoms with Crippen molar-refractivity contribution in [2.75, 3.05) is 62.2 Å². The second-order valence-electron chi connectivity index (χ2n) is 20.6. The lowest BCUT2D eigenvalue weighted by Crippen LogP contribution is -2.49. The molecule has 17 nitrogen and oxygen atoms in total. The molecule has 0 saturated carbocycles. The highest BCUT2D eigenvalue weighted by Gasteiger charge is 2.43. The minimum absolute atomic E-state index is 0.0709. The van der Waals surface area contributed by atoms with Gasteiger partial charge >= 0.3 is 0 Å². The molecular weight excluding hydrogens is 972 g/mol. The molecule has 384 valence electrons. The monoisotopic (exact) mass is 1040 g/mol. The van der Waals surface area contributed by atoms with E-state index in [-0.39, 0.29) is 60.6 Å². The van der Waals surface area contributed by atoms with E-state index in [1.165, 1.54) is 16.7 Å². The predicted octanol–water partition coefficient (Wildman–Crippen LogP) is 6.94. The van der Waals surface area contributed by atoms with Crippen LogP contribution in [0, 0.1) is 31.1 Å². The standard InChI is InChI=1S/C52H67ClN12O5S2/c1-32(2)46(65-28-33(3)24-60-65)51(69)64-29-38(66)23-40(64)49(67)58-25-37-7-6-36(47-34(4)59-31-71-47)22-41(37)70-39-11-18-63(19-12-39)50(68)35-9-16-62(17-10-35)48-45(53)42(8-15-55-48)72-44-27-56-43(26-57-44)61-20-13-52(5,30-54)14-21-61/h6-8,15,22,24,26-28,31-32,35,38-40,46,66H,9-14,16-21,23,25,29-30,54H2,1-5H3,(H,58,67)/t38-,40+,46?/m1/s1. The van der Waals surface area contributed by atoms with Gasteiger partial charge < -0.3 is 40.5 Å². The van der Waals surface area contributed by atoms with Gasteiger partial charge in [-0.15, -0.1) is 11.3 Å². The number of aliphatic hydroxyl groups excluding tert-OH is 1. The lowest BCUT2D eigenvalue weighted by atomic mass is 9.80. The van der Waals surface area contributed by atoms with E-state index in [2.05, 4.69) is 37.1 Å². The second-order valence-corrected chi connectivity index (χ2v) is 22.9. The third kappa shape index (κ3) is 11.5. The number of hydrogen-bond acceptors (Lipinski definition) is 15. The summed E-state index contributed by atoms with van der Waals surface area (Å²) in [5.41, 5.74) is 11.6. The molecule has 4 aromatic heterocycles. The first-order valence-electron chi connectivity index (χ1n) is 25.3. The van der Waals surface area contributed by atoms with E-state index in [1.807, 2.05) is 74.8 Å². The van der Waals surface area contributed by atoms with Crippen LogP contribution in [0.1, 0.15) is 88.6 Å². The van der Waals surface area contributed by atoms with Crippen LogP contribution in [0.5, 0.6) is 5.75 Å². The van der Waals surface area contributed by atoms with Gasteiger partial charge in [0, 0.05) is 100 Å². The highest BCUT2D eigenvalue weighted by atomic mass is 35.5. The van der Waals surface area contributed by atoms with Crippen molar-refractivity contribution in [2.45, 2.75) is 120 Å². The molecule has 1 aromatic carbocycles. The third-order valence-electron chi connectivity index (χ3n) is 14.9. The Kier molecular flexibility index (Phi) is 16.1. The molecule has 0 bridgehead atoms. The summed E-state index contributed by atoms with van der Waals surface area (Å²) in [6.07, 6.45) is 12.9.